The van der Waals surface area contributed by atoms with Crippen LogP contribution in [0.1, 0.15) is 29.3 Å². The van der Waals surface area contributed by atoms with Gasteiger partial charge in [0.2, 0.25) is 11.8 Å². The lowest BCUT2D eigenvalue weighted by Crippen LogP contribution is -2.52. The van der Waals surface area contributed by atoms with Gasteiger partial charge in [0.05, 0.1) is 25.4 Å². The van der Waals surface area contributed by atoms with Gasteiger partial charge in [-0.15, -0.1) is 0 Å². The van der Waals surface area contributed by atoms with Gasteiger partial charge in [-0.05, 0) is 30.7 Å². The molecule has 0 aliphatic rings. The molecule has 1 aromatic heterocycles. The van der Waals surface area contributed by atoms with E-state index in [4.69, 9.17) is 20.9 Å². The second kappa shape index (κ2) is 10.9. The summed E-state index contributed by atoms with van der Waals surface area (Å²) in [5.41, 5.74) is 8.61. The van der Waals surface area contributed by atoms with Crippen LogP contribution in [0.25, 0.3) is 0 Å². The van der Waals surface area contributed by atoms with E-state index < -0.39 is 29.8 Å². The Kier molecular flexibility index (Phi) is 7.96. The third-order valence-electron chi connectivity index (χ3n) is 5.09. The lowest BCUT2D eigenvalue weighted by atomic mass is 9.90. The fourth-order valence-corrected chi connectivity index (χ4v) is 3.44. The van der Waals surface area contributed by atoms with Crippen molar-refractivity contribution in [3.05, 3.63) is 77.0 Å². The van der Waals surface area contributed by atoms with Gasteiger partial charge in [-0.2, -0.15) is 23.4 Å². The van der Waals surface area contributed by atoms with Gasteiger partial charge in [0.1, 0.15) is 17.3 Å². The van der Waals surface area contributed by atoms with Gasteiger partial charge >= 0.3 is 6.18 Å². The molecule has 0 bridgehead atoms. The van der Waals surface area contributed by atoms with Crippen molar-refractivity contribution in [2.45, 2.75) is 25.2 Å². The van der Waals surface area contributed by atoms with E-state index in [9.17, 15) is 23.2 Å². The number of benzene rings is 2. The molecule has 0 aliphatic carbocycles. The number of hydrogen-bond acceptors (Lipinski definition) is 8. The van der Waals surface area contributed by atoms with E-state index in [0.717, 1.165) is 23.8 Å². The molecule has 0 spiro atoms. The Hall–Kier alpha value is -4.37. The second-order valence-corrected chi connectivity index (χ2v) is 7.61. The number of nitrogens with one attached hydrogen (secondary N) is 1. The molecule has 12 heteroatoms. The minimum atomic E-state index is -4.64. The molecule has 36 heavy (non-hydrogen) atoms. The van der Waals surface area contributed by atoms with Crippen LogP contribution in [0.5, 0.6) is 5.88 Å². The molecule has 0 unspecified atom stereocenters. The summed E-state index contributed by atoms with van der Waals surface area (Å²) in [7, 11) is 0. The van der Waals surface area contributed by atoms with Gasteiger partial charge in [-0.3, -0.25) is 4.79 Å². The summed E-state index contributed by atoms with van der Waals surface area (Å²) in [5, 5.41) is 12.6. The molecule has 3 aromatic rings. The number of rotatable bonds is 10. The molecular formula is C24H23F3N6O3. The summed E-state index contributed by atoms with van der Waals surface area (Å²) in [6.07, 6.45) is -4.64. The number of primary amides is 1. The fraction of sp³-hybridized carbons (Fsp3) is 0.250. The van der Waals surface area contributed by atoms with Crippen molar-refractivity contribution in [3.8, 4) is 11.9 Å². The minimum absolute atomic E-state index is 0.0287. The molecule has 1 heterocycles. The molecule has 0 fully saturated rings. The van der Waals surface area contributed by atoms with Gasteiger partial charge in [0.25, 0.3) is 5.91 Å². The largest absolute Gasteiger partial charge is 0.477 e. The Bertz CT molecular complexity index is 1260. The SMILES string of the molecule is CCOc1nc(N)nc([C@@](COCc2ccccc2)(Nc2cccc(C(F)(F)F)c2)C(N)=O)c1C#N. The van der Waals surface area contributed by atoms with E-state index in [2.05, 4.69) is 15.3 Å². The quantitative estimate of drug-likeness (QED) is 0.384. The first-order valence-corrected chi connectivity index (χ1v) is 10.7. The van der Waals surface area contributed by atoms with Crippen molar-refractivity contribution in [2.24, 2.45) is 5.73 Å². The summed E-state index contributed by atoms with van der Waals surface area (Å²) in [5.74, 6) is -1.63. The monoisotopic (exact) mass is 500 g/mol. The van der Waals surface area contributed by atoms with Crippen molar-refractivity contribution in [3.63, 3.8) is 0 Å². The smallest absolute Gasteiger partial charge is 0.416 e. The number of ether oxygens (including phenoxy) is 2. The number of nitrogens with zero attached hydrogens (tertiary/aromatic N) is 3. The number of alkyl halides is 3. The third-order valence-corrected chi connectivity index (χ3v) is 5.09. The van der Waals surface area contributed by atoms with Gasteiger partial charge in [-0.25, -0.2) is 4.98 Å². The molecule has 2 aromatic carbocycles. The van der Waals surface area contributed by atoms with Crippen molar-refractivity contribution in [1.82, 2.24) is 9.97 Å². The Balaban J connectivity index is 2.15. The highest BCUT2D eigenvalue weighted by Crippen LogP contribution is 2.35. The number of hydrogen-bond donors (Lipinski definition) is 3. The van der Waals surface area contributed by atoms with E-state index >= 15 is 0 Å². The Morgan fingerprint density at radius 2 is 1.86 bits per heavy atom. The Morgan fingerprint density at radius 3 is 2.47 bits per heavy atom. The predicted molar refractivity (Wildman–Crippen MR) is 124 cm³/mol. The molecule has 0 saturated heterocycles. The number of nitrogen functional groups attached to an aromatic ring is 1. The van der Waals surface area contributed by atoms with Crippen LogP contribution < -0.4 is 21.5 Å². The van der Waals surface area contributed by atoms with E-state index in [1.54, 1.807) is 31.2 Å². The molecule has 9 nitrogen and oxygen atoms in total. The second-order valence-electron chi connectivity index (χ2n) is 7.61. The zero-order valence-electron chi connectivity index (χ0n) is 19.2. The van der Waals surface area contributed by atoms with Crippen LogP contribution in [0.4, 0.5) is 24.8 Å². The highest BCUT2D eigenvalue weighted by atomic mass is 19.4. The first-order valence-electron chi connectivity index (χ1n) is 10.7. The third kappa shape index (κ3) is 5.81. The first kappa shape index (κ1) is 26.2. The first-order chi connectivity index (χ1) is 17.1. The highest BCUT2D eigenvalue weighted by molar-refractivity contribution is 5.90. The van der Waals surface area contributed by atoms with E-state index in [1.165, 1.54) is 6.07 Å². The zero-order chi connectivity index (χ0) is 26.3. The molecule has 188 valence electrons. The fourth-order valence-electron chi connectivity index (χ4n) is 3.44. The van der Waals surface area contributed by atoms with Crippen LogP contribution in [-0.2, 0) is 27.9 Å². The van der Waals surface area contributed by atoms with E-state index in [0.29, 0.717) is 0 Å². The number of anilines is 2. The summed E-state index contributed by atoms with van der Waals surface area (Å²) >= 11 is 0. The van der Waals surface area contributed by atoms with Gasteiger partial charge in [-0.1, -0.05) is 36.4 Å². The molecule has 5 N–H and O–H groups in total. The molecule has 3 rings (SSSR count). The Morgan fingerprint density at radius 1 is 1.14 bits per heavy atom. The van der Waals surface area contributed by atoms with Crippen LogP contribution in [0.15, 0.2) is 54.6 Å². The number of halogens is 3. The highest BCUT2D eigenvalue weighted by Gasteiger charge is 2.45. The van der Waals surface area contributed by atoms with Crippen molar-refractivity contribution in [1.29, 1.82) is 5.26 Å². The number of carbonyl (C=O) groups excluding carboxylic acids is 1. The average Bonchev–Trinajstić information content (AvgIpc) is 2.83. The number of carbonyl (C=O) groups is 1. The minimum Gasteiger partial charge on any atom is -0.477 e. The van der Waals surface area contributed by atoms with Gasteiger partial charge in [0.15, 0.2) is 5.54 Å². The van der Waals surface area contributed by atoms with Crippen molar-refractivity contribution in [2.75, 3.05) is 24.3 Å². The molecule has 1 atom stereocenters. The lowest BCUT2D eigenvalue weighted by molar-refractivity contribution is -0.137. The van der Waals surface area contributed by atoms with Crippen LogP contribution in [0.2, 0.25) is 0 Å². The van der Waals surface area contributed by atoms with E-state index in [1.807, 2.05) is 12.1 Å². The standard InChI is InChI=1S/C24H23F3N6O3/c1-2-36-20-18(12-28)19(31-22(30)32-20)23(21(29)34,14-35-13-15-7-4-3-5-8-15)33-17-10-6-9-16(11-17)24(25,26)27/h3-11,33H,2,13-14H2,1H3,(H2,29,34)(H2,30,31,32)/t23-/m1/s1. The summed E-state index contributed by atoms with van der Waals surface area (Å²) in [4.78, 5) is 21.0. The predicted octanol–water partition coefficient (Wildman–Crippen LogP) is 3.36. The number of nitrogens with two attached hydrogens (primary N) is 2. The maximum absolute atomic E-state index is 13.3. The van der Waals surface area contributed by atoms with E-state index in [-0.39, 0.29) is 42.0 Å². The topological polar surface area (TPSA) is 149 Å². The molecule has 1 amide bonds. The number of nitriles is 1. The average molecular weight is 500 g/mol. The van der Waals surface area contributed by atoms with Crippen molar-refractivity contribution >= 4 is 17.5 Å². The molecule has 0 aliphatic heterocycles. The molecule has 0 saturated carbocycles. The van der Waals surface area contributed by atoms with Gasteiger partial charge < -0.3 is 26.3 Å². The number of amides is 1. The summed E-state index contributed by atoms with van der Waals surface area (Å²) in [6, 6.07) is 15.0. The maximum atomic E-state index is 13.3. The van der Waals surface area contributed by atoms with Gasteiger partial charge in [0, 0.05) is 5.69 Å². The van der Waals surface area contributed by atoms with Crippen LogP contribution in [-0.4, -0.2) is 29.1 Å². The normalized spacial score (nSPS) is 12.9. The van der Waals surface area contributed by atoms with Crippen molar-refractivity contribution < 1.29 is 27.4 Å². The Labute approximate surface area is 204 Å². The van der Waals surface area contributed by atoms with Crippen LogP contribution in [0.3, 0.4) is 0 Å². The molecule has 0 radical (unpaired) electrons. The van der Waals surface area contributed by atoms with Crippen LogP contribution in [0, 0.1) is 11.3 Å². The number of aromatic nitrogens is 2. The summed E-state index contributed by atoms with van der Waals surface area (Å²) < 4.78 is 51.2. The zero-order valence-corrected chi connectivity index (χ0v) is 19.2. The molecular weight excluding hydrogens is 477 g/mol. The summed E-state index contributed by atoms with van der Waals surface area (Å²) in [6.45, 7) is 1.27. The lowest BCUT2D eigenvalue weighted by Gasteiger charge is -2.33. The van der Waals surface area contributed by atoms with Crippen LogP contribution >= 0.6 is 0 Å². The maximum Gasteiger partial charge on any atom is 0.416 e.